The van der Waals surface area contributed by atoms with E-state index in [1.54, 1.807) is 6.92 Å². The Hall–Kier alpha value is -2.26. The minimum absolute atomic E-state index is 0.0327. The number of halogens is 1. The van der Waals surface area contributed by atoms with Crippen LogP contribution in [0.4, 0.5) is 0 Å². The molecule has 120 valence electrons. The van der Waals surface area contributed by atoms with Crippen LogP contribution in [0.3, 0.4) is 0 Å². The van der Waals surface area contributed by atoms with E-state index in [9.17, 15) is 10.1 Å². The van der Waals surface area contributed by atoms with Crippen molar-refractivity contribution in [2.45, 2.75) is 26.2 Å². The Bertz CT molecular complexity index is 714. The summed E-state index contributed by atoms with van der Waals surface area (Å²) < 4.78 is 11.6. The summed E-state index contributed by atoms with van der Waals surface area (Å²) in [7, 11) is 0. The Morgan fingerprint density at radius 2 is 2.04 bits per heavy atom. The minimum Gasteiger partial charge on any atom is -0.463 e. The van der Waals surface area contributed by atoms with Gasteiger partial charge in [-0.25, -0.2) is 4.79 Å². The van der Waals surface area contributed by atoms with Crippen LogP contribution >= 0.6 is 15.9 Å². The van der Waals surface area contributed by atoms with Gasteiger partial charge in [-0.05, 0) is 24.6 Å². The number of nitrogens with two attached hydrogens (primary N) is 1. The molecule has 23 heavy (non-hydrogen) atoms. The quantitative estimate of drug-likeness (QED) is 0.812. The average Bonchev–Trinajstić information content (AvgIpc) is 2.54. The Labute approximate surface area is 143 Å². The summed E-state index contributed by atoms with van der Waals surface area (Å²) in [5.74, 6) is -0.605. The normalized spacial score (nSPS) is 17.6. The van der Waals surface area contributed by atoms with Gasteiger partial charge >= 0.3 is 5.97 Å². The van der Waals surface area contributed by atoms with E-state index >= 15 is 0 Å². The van der Waals surface area contributed by atoms with Crippen molar-refractivity contribution in [1.82, 2.24) is 0 Å². The van der Waals surface area contributed by atoms with Crippen LogP contribution in [0.2, 0.25) is 0 Å². The Morgan fingerprint density at radius 1 is 1.39 bits per heavy atom. The fourth-order valence-corrected chi connectivity index (χ4v) is 2.77. The van der Waals surface area contributed by atoms with Crippen molar-refractivity contribution in [1.29, 1.82) is 5.26 Å². The van der Waals surface area contributed by atoms with Crippen LogP contribution in [0, 0.1) is 11.3 Å². The summed E-state index contributed by atoms with van der Waals surface area (Å²) in [6, 6.07) is 9.46. The van der Waals surface area contributed by atoms with Gasteiger partial charge < -0.3 is 15.2 Å². The van der Waals surface area contributed by atoms with Crippen LogP contribution in [0.1, 0.15) is 31.7 Å². The molecular formula is C17H17BrN2O3. The summed E-state index contributed by atoms with van der Waals surface area (Å²) in [6.45, 7) is 3.84. The van der Waals surface area contributed by atoms with Gasteiger partial charge in [0.2, 0.25) is 5.88 Å². The van der Waals surface area contributed by atoms with Crippen LogP contribution in [-0.2, 0) is 14.3 Å². The maximum Gasteiger partial charge on any atom is 0.338 e. The Balaban J connectivity index is 2.63. The first-order chi connectivity index (χ1) is 11.0. The highest BCUT2D eigenvalue weighted by Crippen LogP contribution is 2.40. The summed E-state index contributed by atoms with van der Waals surface area (Å²) in [5.41, 5.74) is 7.22. The first kappa shape index (κ1) is 17.1. The summed E-state index contributed by atoms with van der Waals surface area (Å²) >= 11 is 3.38. The zero-order valence-electron chi connectivity index (χ0n) is 12.9. The summed E-state index contributed by atoms with van der Waals surface area (Å²) in [6.07, 6.45) is 0.473. The van der Waals surface area contributed by atoms with E-state index in [2.05, 4.69) is 22.0 Å². The number of hydrogen-bond donors (Lipinski definition) is 1. The molecule has 2 rings (SSSR count). The van der Waals surface area contributed by atoms with Gasteiger partial charge in [0, 0.05) is 10.9 Å². The molecule has 0 aliphatic carbocycles. The van der Waals surface area contributed by atoms with Crippen molar-refractivity contribution in [3.8, 4) is 6.07 Å². The number of rotatable bonds is 4. The van der Waals surface area contributed by atoms with Gasteiger partial charge in [0.05, 0.1) is 18.1 Å². The monoisotopic (exact) mass is 376 g/mol. The molecule has 1 aromatic rings. The smallest absolute Gasteiger partial charge is 0.338 e. The highest BCUT2D eigenvalue weighted by molar-refractivity contribution is 9.10. The molecule has 0 fully saturated rings. The van der Waals surface area contributed by atoms with Gasteiger partial charge in [-0.2, -0.15) is 5.26 Å². The maximum absolute atomic E-state index is 12.4. The molecule has 1 aromatic carbocycles. The van der Waals surface area contributed by atoms with Crippen LogP contribution in [-0.4, -0.2) is 12.6 Å². The second-order valence-electron chi connectivity index (χ2n) is 4.89. The fourth-order valence-electron chi connectivity index (χ4n) is 2.50. The molecule has 5 nitrogen and oxygen atoms in total. The van der Waals surface area contributed by atoms with E-state index in [1.807, 2.05) is 31.2 Å². The fraction of sp³-hybridized carbons (Fsp3) is 0.294. The van der Waals surface area contributed by atoms with Crippen LogP contribution < -0.4 is 5.73 Å². The number of nitriles is 1. The third-order valence-corrected chi connectivity index (χ3v) is 4.05. The van der Waals surface area contributed by atoms with E-state index in [0.717, 1.165) is 10.0 Å². The molecule has 6 heteroatoms. The highest BCUT2D eigenvalue weighted by atomic mass is 79.9. The van der Waals surface area contributed by atoms with Gasteiger partial charge in [-0.1, -0.05) is 35.0 Å². The number of hydrogen-bond acceptors (Lipinski definition) is 5. The maximum atomic E-state index is 12.4. The average molecular weight is 377 g/mol. The summed E-state index contributed by atoms with van der Waals surface area (Å²) in [4.78, 5) is 12.4. The van der Waals surface area contributed by atoms with Crippen molar-refractivity contribution in [2.24, 2.45) is 5.73 Å². The molecule has 0 saturated heterocycles. The number of benzene rings is 1. The molecule has 0 amide bonds. The molecular weight excluding hydrogens is 360 g/mol. The number of allylic oxidation sites excluding steroid dienone is 2. The van der Waals surface area contributed by atoms with E-state index in [1.165, 1.54) is 0 Å². The van der Waals surface area contributed by atoms with E-state index in [4.69, 9.17) is 15.2 Å². The lowest BCUT2D eigenvalue weighted by atomic mass is 9.82. The molecule has 0 aromatic heterocycles. The topological polar surface area (TPSA) is 85.3 Å². The molecule has 1 unspecified atom stereocenters. The van der Waals surface area contributed by atoms with Crippen LogP contribution in [0.15, 0.2) is 51.5 Å². The Morgan fingerprint density at radius 3 is 2.57 bits per heavy atom. The first-order valence-corrected chi connectivity index (χ1v) is 8.05. The standard InChI is InChI=1S/C17H17BrN2O3/c1-3-13-15(17(21)22-4-2)14(12(9-19)16(20)23-13)10-5-7-11(18)8-6-10/h5-8,14H,3-4,20H2,1-2H3. The molecule has 0 saturated carbocycles. The lowest BCUT2D eigenvalue weighted by molar-refractivity contribution is -0.139. The van der Waals surface area contributed by atoms with E-state index in [0.29, 0.717) is 17.8 Å². The minimum atomic E-state index is -0.587. The van der Waals surface area contributed by atoms with Crippen molar-refractivity contribution in [2.75, 3.05) is 6.61 Å². The lowest BCUT2D eigenvalue weighted by Gasteiger charge is -2.27. The SMILES string of the molecule is CCOC(=O)C1=C(CC)OC(N)=C(C#N)C1c1ccc(Br)cc1. The molecule has 1 heterocycles. The van der Waals surface area contributed by atoms with Gasteiger partial charge in [0.1, 0.15) is 17.4 Å². The number of carbonyl (C=O) groups is 1. The third-order valence-electron chi connectivity index (χ3n) is 3.52. The number of esters is 1. The van der Waals surface area contributed by atoms with Gasteiger partial charge in [-0.3, -0.25) is 0 Å². The van der Waals surface area contributed by atoms with E-state index < -0.39 is 11.9 Å². The van der Waals surface area contributed by atoms with Crippen LogP contribution in [0.25, 0.3) is 0 Å². The predicted molar refractivity (Wildman–Crippen MR) is 88.7 cm³/mol. The zero-order chi connectivity index (χ0) is 17.0. The number of nitrogens with zero attached hydrogens (tertiary/aromatic N) is 1. The molecule has 2 N–H and O–H groups in total. The highest BCUT2D eigenvalue weighted by Gasteiger charge is 2.36. The van der Waals surface area contributed by atoms with Gasteiger partial charge in [0.25, 0.3) is 0 Å². The van der Waals surface area contributed by atoms with Crippen molar-refractivity contribution in [3.05, 3.63) is 57.1 Å². The van der Waals surface area contributed by atoms with Crippen LogP contribution in [0.5, 0.6) is 0 Å². The summed E-state index contributed by atoms with van der Waals surface area (Å²) in [5, 5.41) is 9.48. The number of ether oxygens (including phenoxy) is 2. The van der Waals surface area contributed by atoms with Gasteiger partial charge in [-0.15, -0.1) is 0 Å². The molecule has 0 radical (unpaired) electrons. The zero-order valence-corrected chi connectivity index (χ0v) is 14.5. The van der Waals surface area contributed by atoms with Gasteiger partial charge in [0.15, 0.2) is 0 Å². The van der Waals surface area contributed by atoms with E-state index in [-0.39, 0.29) is 18.1 Å². The molecule has 1 atom stereocenters. The van der Waals surface area contributed by atoms with Crippen molar-refractivity contribution < 1.29 is 14.3 Å². The Kier molecular flexibility index (Phi) is 5.45. The third kappa shape index (κ3) is 3.40. The second kappa shape index (κ2) is 7.34. The lowest BCUT2D eigenvalue weighted by Crippen LogP contribution is -2.26. The number of carbonyl (C=O) groups excluding carboxylic acids is 1. The molecule has 1 aliphatic heterocycles. The first-order valence-electron chi connectivity index (χ1n) is 7.26. The molecule has 0 bridgehead atoms. The van der Waals surface area contributed by atoms with Crippen molar-refractivity contribution >= 4 is 21.9 Å². The molecule has 1 aliphatic rings. The largest absolute Gasteiger partial charge is 0.463 e. The van der Waals surface area contributed by atoms with Crippen molar-refractivity contribution in [3.63, 3.8) is 0 Å². The second-order valence-corrected chi connectivity index (χ2v) is 5.80. The molecule has 0 spiro atoms. The predicted octanol–water partition coefficient (Wildman–Crippen LogP) is 3.48.